The van der Waals surface area contributed by atoms with Gasteiger partial charge in [0.15, 0.2) is 0 Å². The number of carbonyl (C=O) groups excluding carboxylic acids is 1. The van der Waals surface area contributed by atoms with E-state index >= 15 is 0 Å². The highest BCUT2D eigenvalue weighted by molar-refractivity contribution is 6.31. The number of halogens is 1. The van der Waals surface area contributed by atoms with Gasteiger partial charge in [-0.2, -0.15) is 0 Å². The fourth-order valence-corrected chi connectivity index (χ4v) is 2.45. The smallest absolute Gasteiger partial charge is 0.310 e. The van der Waals surface area contributed by atoms with E-state index in [4.69, 9.17) is 16.3 Å². The maximum Gasteiger partial charge on any atom is 0.310 e. The standard InChI is InChI=1S/C15H19ClO2/c1-15(2,3)18-13(17)9-11-5-4-6-12(16)14(11)10-7-8-10/h4-6,10H,7-9H2,1-3H3. The van der Waals surface area contributed by atoms with Gasteiger partial charge < -0.3 is 4.74 Å². The lowest BCUT2D eigenvalue weighted by Gasteiger charge is -2.20. The highest BCUT2D eigenvalue weighted by atomic mass is 35.5. The fourth-order valence-electron chi connectivity index (χ4n) is 2.10. The van der Waals surface area contributed by atoms with E-state index in [1.165, 1.54) is 12.8 Å². The van der Waals surface area contributed by atoms with Gasteiger partial charge in [-0.1, -0.05) is 23.7 Å². The van der Waals surface area contributed by atoms with Crippen molar-refractivity contribution in [3.05, 3.63) is 34.3 Å². The molecule has 0 atom stereocenters. The zero-order valence-corrected chi connectivity index (χ0v) is 11.9. The van der Waals surface area contributed by atoms with E-state index in [0.717, 1.165) is 16.1 Å². The van der Waals surface area contributed by atoms with Crippen molar-refractivity contribution in [2.75, 3.05) is 0 Å². The SMILES string of the molecule is CC(C)(C)OC(=O)Cc1cccc(Cl)c1C1CC1. The minimum absolute atomic E-state index is 0.188. The minimum atomic E-state index is -0.435. The molecule has 98 valence electrons. The highest BCUT2D eigenvalue weighted by Crippen LogP contribution is 2.45. The van der Waals surface area contributed by atoms with E-state index in [1.54, 1.807) is 0 Å². The quantitative estimate of drug-likeness (QED) is 0.770. The van der Waals surface area contributed by atoms with E-state index in [9.17, 15) is 4.79 Å². The number of hydrogen-bond donors (Lipinski definition) is 0. The maximum absolute atomic E-state index is 11.9. The summed E-state index contributed by atoms with van der Waals surface area (Å²) < 4.78 is 5.35. The average Bonchev–Trinajstić information content (AvgIpc) is 2.98. The number of ether oxygens (including phenoxy) is 1. The number of rotatable bonds is 3. The first-order valence-corrected chi connectivity index (χ1v) is 6.74. The van der Waals surface area contributed by atoms with E-state index in [0.29, 0.717) is 12.3 Å². The number of esters is 1. The Balaban J connectivity index is 2.14. The topological polar surface area (TPSA) is 26.3 Å². The van der Waals surface area contributed by atoms with Crippen LogP contribution in [0.25, 0.3) is 0 Å². The van der Waals surface area contributed by atoms with E-state index in [2.05, 4.69) is 0 Å². The predicted octanol–water partition coefficient (Wildman–Crippen LogP) is 4.10. The van der Waals surface area contributed by atoms with Crippen LogP contribution < -0.4 is 0 Å². The average molecular weight is 267 g/mol. The summed E-state index contributed by atoms with van der Waals surface area (Å²) >= 11 is 6.23. The molecule has 1 aliphatic rings. The molecule has 2 nitrogen and oxygen atoms in total. The Bertz CT molecular complexity index is 456. The second-order valence-corrected chi connectivity index (χ2v) is 6.26. The Kier molecular flexibility index (Phi) is 3.67. The first-order chi connectivity index (χ1) is 8.37. The van der Waals surface area contributed by atoms with Crippen molar-refractivity contribution in [3.63, 3.8) is 0 Å². The summed E-state index contributed by atoms with van der Waals surface area (Å²) in [6.07, 6.45) is 2.65. The molecule has 0 N–H and O–H groups in total. The first kappa shape index (κ1) is 13.4. The molecular formula is C15H19ClO2. The Hall–Kier alpha value is -1.02. The van der Waals surface area contributed by atoms with Crippen LogP contribution in [0.3, 0.4) is 0 Å². The first-order valence-electron chi connectivity index (χ1n) is 6.36. The summed E-state index contributed by atoms with van der Waals surface area (Å²) in [5, 5.41) is 0.776. The molecule has 0 amide bonds. The van der Waals surface area contributed by atoms with Gasteiger partial charge in [0.2, 0.25) is 0 Å². The zero-order valence-electron chi connectivity index (χ0n) is 11.1. The Morgan fingerprint density at radius 3 is 2.61 bits per heavy atom. The molecule has 0 bridgehead atoms. The van der Waals surface area contributed by atoms with Crippen LogP contribution in [-0.2, 0) is 16.0 Å². The van der Waals surface area contributed by atoms with Gasteiger partial charge in [-0.25, -0.2) is 0 Å². The molecule has 0 aliphatic heterocycles. The van der Waals surface area contributed by atoms with Crippen molar-refractivity contribution < 1.29 is 9.53 Å². The lowest BCUT2D eigenvalue weighted by Crippen LogP contribution is -2.25. The summed E-state index contributed by atoms with van der Waals surface area (Å²) in [5.74, 6) is 0.350. The molecule has 1 saturated carbocycles. The van der Waals surface area contributed by atoms with Crippen LogP contribution in [0.5, 0.6) is 0 Å². The van der Waals surface area contributed by atoms with Gasteiger partial charge in [0.1, 0.15) is 5.60 Å². The minimum Gasteiger partial charge on any atom is -0.460 e. The van der Waals surface area contributed by atoms with Crippen LogP contribution in [0.15, 0.2) is 18.2 Å². The molecule has 1 aromatic carbocycles. The summed E-state index contributed by atoms with van der Waals surface area (Å²) in [4.78, 5) is 11.9. The van der Waals surface area contributed by atoms with Crippen molar-refractivity contribution in [3.8, 4) is 0 Å². The van der Waals surface area contributed by atoms with Gasteiger partial charge in [-0.3, -0.25) is 4.79 Å². The summed E-state index contributed by atoms with van der Waals surface area (Å²) in [5.41, 5.74) is 1.72. The van der Waals surface area contributed by atoms with Gasteiger partial charge in [0.05, 0.1) is 6.42 Å². The molecule has 1 aliphatic carbocycles. The monoisotopic (exact) mass is 266 g/mol. The van der Waals surface area contributed by atoms with Crippen LogP contribution in [-0.4, -0.2) is 11.6 Å². The lowest BCUT2D eigenvalue weighted by atomic mass is 10.0. The lowest BCUT2D eigenvalue weighted by molar-refractivity contribution is -0.153. The summed E-state index contributed by atoms with van der Waals surface area (Å²) in [6, 6.07) is 5.77. The van der Waals surface area contributed by atoms with Crippen molar-refractivity contribution in [1.82, 2.24) is 0 Å². The molecule has 1 aromatic rings. The highest BCUT2D eigenvalue weighted by Gasteiger charge is 2.29. The van der Waals surface area contributed by atoms with Gasteiger partial charge in [-0.15, -0.1) is 0 Å². The summed E-state index contributed by atoms with van der Waals surface area (Å²) in [6.45, 7) is 5.64. The van der Waals surface area contributed by atoms with Crippen molar-refractivity contribution in [2.45, 2.75) is 51.6 Å². The molecule has 18 heavy (non-hydrogen) atoms. The predicted molar refractivity (Wildman–Crippen MR) is 73.0 cm³/mol. The van der Waals surface area contributed by atoms with Gasteiger partial charge in [0.25, 0.3) is 0 Å². The molecule has 3 heteroatoms. The van der Waals surface area contributed by atoms with Crippen LogP contribution in [0, 0.1) is 0 Å². The fraction of sp³-hybridized carbons (Fsp3) is 0.533. The molecule has 0 aromatic heterocycles. The third kappa shape index (κ3) is 3.49. The molecule has 0 radical (unpaired) electrons. The van der Waals surface area contributed by atoms with Crippen molar-refractivity contribution in [1.29, 1.82) is 0 Å². The van der Waals surface area contributed by atoms with Gasteiger partial charge >= 0.3 is 5.97 Å². The zero-order chi connectivity index (χ0) is 13.3. The second kappa shape index (κ2) is 4.93. The molecule has 0 spiro atoms. The molecule has 0 heterocycles. The van der Waals surface area contributed by atoms with Gasteiger partial charge in [0, 0.05) is 5.02 Å². The van der Waals surface area contributed by atoms with Crippen molar-refractivity contribution >= 4 is 17.6 Å². The second-order valence-electron chi connectivity index (χ2n) is 5.85. The number of hydrogen-bond acceptors (Lipinski definition) is 2. The molecular weight excluding hydrogens is 248 g/mol. The number of carbonyl (C=O) groups is 1. The molecule has 0 unspecified atom stereocenters. The normalized spacial score (nSPS) is 15.6. The summed E-state index contributed by atoms with van der Waals surface area (Å²) in [7, 11) is 0. The van der Waals surface area contributed by atoms with Crippen LogP contribution in [0.1, 0.15) is 50.7 Å². The van der Waals surface area contributed by atoms with E-state index in [1.807, 2.05) is 39.0 Å². The molecule has 2 rings (SSSR count). The van der Waals surface area contributed by atoms with Crippen LogP contribution in [0.4, 0.5) is 0 Å². The largest absolute Gasteiger partial charge is 0.460 e. The third-order valence-corrected chi connectivity index (χ3v) is 3.21. The van der Waals surface area contributed by atoms with Crippen molar-refractivity contribution in [2.24, 2.45) is 0 Å². The van der Waals surface area contributed by atoms with E-state index < -0.39 is 5.60 Å². The van der Waals surface area contributed by atoms with Gasteiger partial charge in [-0.05, 0) is 56.7 Å². The Morgan fingerprint density at radius 1 is 1.39 bits per heavy atom. The Morgan fingerprint density at radius 2 is 2.06 bits per heavy atom. The third-order valence-electron chi connectivity index (χ3n) is 2.88. The molecule has 1 fully saturated rings. The maximum atomic E-state index is 11.9. The Labute approximate surface area is 113 Å². The van der Waals surface area contributed by atoms with Crippen LogP contribution >= 0.6 is 11.6 Å². The number of benzene rings is 1. The van der Waals surface area contributed by atoms with E-state index in [-0.39, 0.29) is 5.97 Å². The van der Waals surface area contributed by atoms with Crippen LogP contribution in [0.2, 0.25) is 5.02 Å². The molecule has 0 saturated heterocycles.